The third-order valence-electron chi connectivity index (χ3n) is 3.81. The molecule has 1 aliphatic heterocycles. The molecule has 1 saturated heterocycles. The molecule has 0 radical (unpaired) electrons. The molecule has 23 heavy (non-hydrogen) atoms. The Morgan fingerprint density at radius 2 is 2.00 bits per heavy atom. The number of anilines is 1. The van der Waals surface area contributed by atoms with E-state index in [0.29, 0.717) is 34.8 Å². The van der Waals surface area contributed by atoms with Gasteiger partial charge in [0.05, 0.1) is 10.7 Å². The summed E-state index contributed by atoms with van der Waals surface area (Å²) in [7, 11) is 0. The molecular weight excluding hydrogens is 380 g/mol. The highest BCUT2D eigenvalue weighted by Crippen LogP contribution is 2.31. The first-order chi connectivity index (χ1) is 11.1. The second kappa shape index (κ2) is 6.72. The molecule has 1 N–H and O–H groups in total. The summed E-state index contributed by atoms with van der Waals surface area (Å²) >= 11 is 9.68. The third kappa shape index (κ3) is 3.12. The van der Waals surface area contributed by atoms with Gasteiger partial charge in [0, 0.05) is 28.6 Å². The van der Waals surface area contributed by atoms with E-state index in [0.717, 1.165) is 16.6 Å². The van der Waals surface area contributed by atoms with Gasteiger partial charge in [-0.15, -0.1) is 0 Å². The molecule has 0 atom stereocenters. The standard InChI is InChI=1S/C17H14BrClN2O2/c18-11-7-8-15(21-9-3-6-16(21)22)13(10-11)17(20-23)12-4-1-2-5-14(12)19/h1-2,4-5,7-8,10,23H,3,6,9H2/b20-17-. The maximum atomic E-state index is 12.1. The molecule has 118 valence electrons. The Labute approximate surface area is 147 Å². The van der Waals surface area contributed by atoms with Gasteiger partial charge in [-0.2, -0.15) is 0 Å². The van der Waals surface area contributed by atoms with Gasteiger partial charge >= 0.3 is 0 Å². The number of benzene rings is 2. The highest BCUT2D eigenvalue weighted by molar-refractivity contribution is 9.10. The summed E-state index contributed by atoms with van der Waals surface area (Å²) in [6, 6.07) is 12.7. The van der Waals surface area contributed by atoms with Crippen LogP contribution in [0.3, 0.4) is 0 Å². The molecule has 0 spiro atoms. The molecule has 1 amide bonds. The Balaban J connectivity index is 2.16. The maximum Gasteiger partial charge on any atom is 0.227 e. The van der Waals surface area contributed by atoms with Gasteiger partial charge in [0.25, 0.3) is 0 Å². The van der Waals surface area contributed by atoms with Crippen LogP contribution in [0.2, 0.25) is 5.02 Å². The Hall–Kier alpha value is -1.85. The molecule has 4 nitrogen and oxygen atoms in total. The monoisotopic (exact) mass is 392 g/mol. The van der Waals surface area contributed by atoms with Gasteiger partial charge in [0.1, 0.15) is 5.71 Å². The van der Waals surface area contributed by atoms with Crippen LogP contribution in [0.15, 0.2) is 52.1 Å². The highest BCUT2D eigenvalue weighted by Gasteiger charge is 2.26. The van der Waals surface area contributed by atoms with E-state index in [1.807, 2.05) is 30.3 Å². The van der Waals surface area contributed by atoms with Crippen LogP contribution in [-0.4, -0.2) is 23.4 Å². The topological polar surface area (TPSA) is 52.9 Å². The Bertz CT molecular complexity index is 792. The lowest BCUT2D eigenvalue weighted by molar-refractivity contribution is -0.117. The first-order valence-corrected chi connectivity index (χ1v) is 8.36. The van der Waals surface area contributed by atoms with E-state index in [1.165, 1.54) is 0 Å². The van der Waals surface area contributed by atoms with Crippen LogP contribution in [0.4, 0.5) is 5.69 Å². The Kier molecular flexibility index (Phi) is 4.68. The average molecular weight is 394 g/mol. The number of nitrogens with zero attached hydrogens (tertiary/aromatic N) is 2. The summed E-state index contributed by atoms with van der Waals surface area (Å²) in [4.78, 5) is 13.8. The van der Waals surface area contributed by atoms with Crippen molar-refractivity contribution >= 4 is 44.8 Å². The summed E-state index contributed by atoms with van der Waals surface area (Å²) < 4.78 is 0.830. The number of amides is 1. The number of carbonyl (C=O) groups is 1. The van der Waals surface area contributed by atoms with E-state index in [1.54, 1.807) is 17.0 Å². The summed E-state index contributed by atoms with van der Waals surface area (Å²) in [5, 5.41) is 13.5. The van der Waals surface area contributed by atoms with Gasteiger partial charge < -0.3 is 10.1 Å². The van der Waals surface area contributed by atoms with E-state index in [2.05, 4.69) is 21.1 Å². The lowest BCUT2D eigenvalue weighted by Gasteiger charge is -2.21. The zero-order valence-corrected chi connectivity index (χ0v) is 14.5. The van der Waals surface area contributed by atoms with Crippen molar-refractivity contribution in [3.63, 3.8) is 0 Å². The lowest BCUT2D eigenvalue weighted by atomic mass is 10.00. The summed E-state index contributed by atoms with van der Waals surface area (Å²) in [6.45, 7) is 0.661. The number of halogens is 2. The van der Waals surface area contributed by atoms with Crippen LogP contribution in [0, 0.1) is 0 Å². The summed E-state index contributed by atoms with van der Waals surface area (Å²) in [6.07, 6.45) is 1.36. The first-order valence-electron chi connectivity index (χ1n) is 7.19. The SMILES string of the molecule is O=C1CCCN1c1ccc(Br)cc1/C(=N\O)c1ccccc1Cl. The predicted molar refractivity (Wildman–Crippen MR) is 94.6 cm³/mol. The molecule has 0 aliphatic carbocycles. The molecule has 0 bridgehead atoms. The molecule has 2 aromatic carbocycles. The number of hydrogen-bond acceptors (Lipinski definition) is 3. The van der Waals surface area contributed by atoms with Crippen LogP contribution in [0.5, 0.6) is 0 Å². The molecule has 0 unspecified atom stereocenters. The first kappa shape index (κ1) is 16.0. The van der Waals surface area contributed by atoms with Crippen LogP contribution in [-0.2, 0) is 4.79 Å². The minimum Gasteiger partial charge on any atom is -0.410 e. The smallest absolute Gasteiger partial charge is 0.227 e. The quantitative estimate of drug-likeness (QED) is 0.476. The van der Waals surface area contributed by atoms with Crippen molar-refractivity contribution in [2.75, 3.05) is 11.4 Å². The van der Waals surface area contributed by atoms with Crippen LogP contribution < -0.4 is 4.90 Å². The summed E-state index contributed by atoms with van der Waals surface area (Å²) in [5.74, 6) is 0.0741. The maximum absolute atomic E-state index is 12.1. The van der Waals surface area contributed by atoms with Crippen LogP contribution in [0.25, 0.3) is 0 Å². The van der Waals surface area contributed by atoms with E-state index >= 15 is 0 Å². The van der Waals surface area contributed by atoms with Crippen molar-refractivity contribution in [1.82, 2.24) is 0 Å². The Morgan fingerprint density at radius 3 is 2.65 bits per heavy atom. The molecule has 6 heteroatoms. The van der Waals surface area contributed by atoms with Gasteiger partial charge in [-0.1, -0.05) is 50.9 Å². The molecule has 1 heterocycles. The van der Waals surface area contributed by atoms with Gasteiger partial charge in [0.2, 0.25) is 5.91 Å². The average Bonchev–Trinajstić information content (AvgIpc) is 2.96. The Morgan fingerprint density at radius 1 is 1.22 bits per heavy atom. The molecule has 1 fully saturated rings. The number of carbonyl (C=O) groups excluding carboxylic acids is 1. The highest BCUT2D eigenvalue weighted by atomic mass is 79.9. The number of rotatable bonds is 3. The van der Waals surface area contributed by atoms with Gasteiger partial charge in [-0.25, -0.2) is 0 Å². The molecule has 2 aromatic rings. The lowest BCUT2D eigenvalue weighted by Crippen LogP contribution is -2.26. The van der Waals surface area contributed by atoms with Crippen molar-refractivity contribution < 1.29 is 10.0 Å². The van der Waals surface area contributed by atoms with E-state index in [-0.39, 0.29) is 5.91 Å². The number of oxime groups is 1. The second-order valence-electron chi connectivity index (χ2n) is 5.24. The van der Waals surface area contributed by atoms with Crippen molar-refractivity contribution in [1.29, 1.82) is 0 Å². The minimum atomic E-state index is 0.0741. The molecule has 3 rings (SSSR count). The normalized spacial score (nSPS) is 15.3. The minimum absolute atomic E-state index is 0.0741. The van der Waals surface area contributed by atoms with E-state index in [9.17, 15) is 10.0 Å². The zero-order chi connectivity index (χ0) is 16.4. The molecular formula is C17H14BrClN2O2. The number of hydrogen-bond donors (Lipinski definition) is 1. The van der Waals surface area contributed by atoms with Crippen LogP contribution in [0.1, 0.15) is 24.0 Å². The molecule has 0 aromatic heterocycles. The fourth-order valence-corrected chi connectivity index (χ4v) is 3.33. The van der Waals surface area contributed by atoms with E-state index in [4.69, 9.17) is 11.6 Å². The zero-order valence-electron chi connectivity index (χ0n) is 12.2. The van der Waals surface area contributed by atoms with Crippen molar-refractivity contribution in [2.45, 2.75) is 12.8 Å². The van der Waals surface area contributed by atoms with Crippen molar-refractivity contribution in [2.24, 2.45) is 5.16 Å². The van der Waals surface area contributed by atoms with Gasteiger partial charge in [0.15, 0.2) is 0 Å². The van der Waals surface area contributed by atoms with E-state index < -0.39 is 0 Å². The van der Waals surface area contributed by atoms with Crippen molar-refractivity contribution in [3.8, 4) is 0 Å². The second-order valence-corrected chi connectivity index (χ2v) is 6.56. The van der Waals surface area contributed by atoms with Gasteiger partial charge in [-0.3, -0.25) is 4.79 Å². The van der Waals surface area contributed by atoms with Gasteiger partial charge in [-0.05, 0) is 30.7 Å². The molecule has 1 aliphatic rings. The predicted octanol–water partition coefficient (Wildman–Crippen LogP) is 4.46. The fraction of sp³-hybridized carbons (Fsp3) is 0.176. The van der Waals surface area contributed by atoms with Crippen LogP contribution >= 0.6 is 27.5 Å². The van der Waals surface area contributed by atoms with Crippen molar-refractivity contribution in [3.05, 3.63) is 63.1 Å². The molecule has 0 saturated carbocycles. The third-order valence-corrected chi connectivity index (χ3v) is 4.63. The summed E-state index contributed by atoms with van der Waals surface area (Å²) in [5.41, 5.74) is 2.34. The largest absolute Gasteiger partial charge is 0.410 e. The fourth-order valence-electron chi connectivity index (χ4n) is 2.74.